The third kappa shape index (κ3) is 2.42. The third-order valence-corrected chi connectivity index (χ3v) is 3.00. The standard InChI is InChI=1S/C15H13NO4/c1-10-4-12(7-17)6-16-15(10)18-8-11-2-3-13-14(5-11)20-9-19-13/h2-7H,8-9H2,1H3. The van der Waals surface area contributed by atoms with Gasteiger partial charge in [-0.25, -0.2) is 4.98 Å². The van der Waals surface area contributed by atoms with Gasteiger partial charge in [0, 0.05) is 17.3 Å². The van der Waals surface area contributed by atoms with E-state index in [-0.39, 0.29) is 6.79 Å². The number of carbonyl (C=O) groups is 1. The van der Waals surface area contributed by atoms with E-state index in [0.29, 0.717) is 18.1 Å². The molecule has 1 aromatic heterocycles. The molecule has 0 radical (unpaired) electrons. The fraction of sp³-hybridized carbons (Fsp3) is 0.200. The Kier molecular flexibility index (Phi) is 3.25. The summed E-state index contributed by atoms with van der Waals surface area (Å²) >= 11 is 0. The Labute approximate surface area is 116 Å². The van der Waals surface area contributed by atoms with E-state index in [1.807, 2.05) is 25.1 Å². The molecule has 0 saturated carbocycles. The average molecular weight is 271 g/mol. The van der Waals surface area contributed by atoms with Crippen molar-refractivity contribution in [3.8, 4) is 17.4 Å². The van der Waals surface area contributed by atoms with E-state index < -0.39 is 0 Å². The molecule has 20 heavy (non-hydrogen) atoms. The van der Waals surface area contributed by atoms with Crippen LogP contribution in [0.1, 0.15) is 21.5 Å². The maximum atomic E-state index is 10.7. The maximum Gasteiger partial charge on any atom is 0.231 e. The highest BCUT2D eigenvalue weighted by atomic mass is 16.7. The van der Waals surface area contributed by atoms with Crippen LogP contribution in [0.2, 0.25) is 0 Å². The molecule has 0 N–H and O–H groups in total. The number of aromatic nitrogens is 1. The van der Waals surface area contributed by atoms with Crippen LogP contribution in [-0.2, 0) is 6.61 Å². The van der Waals surface area contributed by atoms with Crippen LogP contribution < -0.4 is 14.2 Å². The summed E-state index contributed by atoms with van der Waals surface area (Å²) in [5.41, 5.74) is 2.34. The molecule has 102 valence electrons. The number of hydrogen-bond acceptors (Lipinski definition) is 5. The van der Waals surface area contributed by atoms with Crippen molar-refractivity contribution >= 4 is 6.29 Å². The van der Waals surface area contributed by atoms with Crippen LogP contribution in [0.15, 0.2) is 30.5 Å². The molecule has 0 amide bonds. The molecular formula is C15H13NO4. The van der Waals surface area contributed by atoms with Crippen molar-refractivity contribution < 1.29 is 19.0 Å². The van der Waals surface area contributed by atoms with Crippen LogP contribution in [0, 0.1) is 6.92 Å². The summed E-state index contributed by atoms with van der Waals surface area (Å²) in [7, 11) is 0. The van der Waals surface area contributed by atoms with Gasteiger partial charge >= 0.3 is 0 Å². The number of nitrogens with zero attached hydrogens (tertiary/aromatic N) is 1. The second-order valence-corrected chi connectivity index (χ2v) is 4.48. The molecule has 0 aliphatic carbocycles. The Hall–Kier alpha value is -2.56. The minimum atomic E-state index is 0.257. The second kappa shape index (κ2) is 5.21. The molecule has 1 aliphatic heterocycles. The quantitative estimate of drug-likeness (QED) is 0.800. The number of aldehydes is 1. The lowest BCUT2D eigenvalue weighted by Gasteiger charge is -2.08. The normalized spacial score (nSPS) is 12.2. The summed E-state index contributed by atoms with van der Waals surface area (Å²) in [6.45, 7) is 2.49. The first kappa shape index (κ1) is 12.5. The van der Waals surface area contributed by atoms with E-state index in [9.17, 15) is 4.79 Å². The lowest BCUT2D eigenvalue weighted by Crippen LogP contribution is -2.00. The van der Waals surface area contributed by atoms with Crippen LogP contribution in [0.3, 0.4) is 0 Å². The summed E-state index contributed by atoms with van der Waals surface area (Å²) in [5.74, 6) is 2.00. The van der Waals surface area contributed by atoms with Gasteiger partial charge in [0.25, 0.3) is 0 Å². The predicted molar refractivity (Wildman–Crippen MR) is 71.3 cm³/mol. The number of pyridine rings is 1. The highest BCUT2D eigenvalue weighted by molar-refractivity contribution is 5.74. The lowest BCUT2D eigenvalue weighted by molar-refractivity contribution is 0.112. The molecule has 0 spiro atoms. The van der Waals surface area contributed by atoms with Crippen molar-refractivity contribution in [2.45, 2.75) is 13.5 Å². The molecular weight excluding hydrogens is 258 g/mol. The molecule has 1 aromatic carbocycles. The summed E-state index contributed by atoms with van der Waals surface area (Å²) in [6, 6.07) is 7.41. The van der Waals surface area contributed by atoms with Crippen molar-refractivity contribution in [2.75, 3.05) is 6.79 Å². The van der Waals surface area contributed by atoms with E-state index in [4.69, 9.17) is 14.2 Å². The molecule has 2 heterocycles. The minimum absolute atomic E-state index is 0.257. The smallest absolute Gasteiger partial charge is 0.231 e. The summed E-state index contributed by atoms with van der Waals surface area (Å²) in [4.78, 5) is 14.8. The van der Waals surface area contributed by atoms with Gasteiger partial charge < -0.3 is 14.2 Å². The zero-order valence-electron chi connectivity index (χ0n) is 11.0. The van der Waals surface area contributed by atoms with E-state index in [1.54, 1.807) is 6.07 Å². The van der Waals surface area contributed by atoms with Gasteiger partial charge in [-0.05, 0) is 30.7 Å². The highest BCUT2D eigenvalue weighted by Gasteiger charge is 2.13. The van der Waals surface area contributed by atoms with E-state index >= 15 is 0 Å². The van der Waals surface area contributed by atoms with Gasteiger partial charge in [-0.15, -0.1) is 0 Å². The summed E-state index contributed by atoms with van der Waals surface area (Å²) in [5, 5.41) is 0. The molecule has 0 saturated heterocycles. The van der Waals surface area contributed by atoms with Crippen molar-refractivity contribution in [3.63, 3.8) is 0 Å². The second-order valence-electron chi connectivity index (χ2n) is 4.48. The first-order valence-corrected chi connectivity index (χ1v) is 6.19. The van der Waals surface area contributed by atoms with Crippen molar-refractivity contribution in [1.82, 2.24) is 4.98 Å². The molecule has 0 fully saturated rings. The number of fused-ring (bicyclic) bond motifs is 1. The van der Waals surface area contributed by atoms with Gasteiger partial charge in [-0.3, -0.25) is 4.79 Å². The number of hydrogen-bond donors (Lipinski definition) is 0. The predicted octanol–water partition coefficient (Wildman–Crippen LogP) is 2.51. The molecule has 5 nitrogen and oxygen atoms in total. The third-order valence-electron chi connectivity index (χ3n) is 3.00. The lowest BCUT2D eigenvalue weighted by atomic mass is 10.2. The van der Waals surface area contributed by atoms with Gasteiger partial charge in [-0.1, -0.05) is 6.07 Å². The minimum Gasteiger partial charge on any atom is -0.473 e. The Morgan fingerprint density at radius 2 is 2.15 bits per heavy atom. The number of carbonyl (C=O) groups excluding carboxylic acids is 1. The first-order chi connectivity index (χ1) is 9.76. The molecule has 5 heteroatoms. The van der Waals surface area contributed by atoms with Gasteiger partial charge in [0.1, 0.15) is 6.61 Å². The van der Waals surface area contributed by atoms with E-state index in [0.717, 1.165) is 28.9 Å². The van der Waals surface area contributed by atoms with Crippen LogP contribution in [-0.4, -0.2) is 18.1 Å². The fourth-order valence-electron chi connectivity index (χ4n) is 1.98. The van der Waals surface area contributed by atoms with E-state index in [2.05, 4.69) is 4.98 Å². The molecule has 0 unspecified atom stereocenters. The van der Waals surface area contributed by atoms with Gasteiger partial charge in [-0.2, -0.15) is 0 Å². The SMILES string of the molecule is Cc1cc(C=O)cnc1OCc1ccc2c(c1)OCO2. The maximum absolute atomic E-state index is 10.7. The summed E-state index contributed by atoms with van der Waals surface area (Å²) in [6.07, 6.45) is 2.26. The Morgan fingerprint density at radius 3 is 2.95 bits per heavy atom. The molecule has 0 bridgehead atoms. The number of rotatable bonds is 4. The number of aryl methyl sites for hydroxylation is 1. The highest BCUT2D eigenvalue weighted by Crippen LogP contribution is 2.32. The molecule has 0 atom stereocenters. The zero-order valence-corrected chi connectivity index (χ0v) is 11.0. The Morgan fingerprint density at radius 1 is 1.30 bits per heavy atom. The van der Waals surface area contributed by atoms with Crippen LogP contribution in [0.4, 0.5) is 0 Å². The molecule has 1 aliphatic rings. The topological polar surface area (TPSA) is 57.7 Å². The van der Waals surface area contributed by atoms with Crippen LogP contribution >= 0.6 is 0 Å². The van der Waals surface area contributed by atoms with Gasteiger partial charge in [0.15, 0.2) is 17.8 Å². The zero-order chi connectivity index (χ0) is 13.9. The van der Waals surface area contributed by atoms with E-state index in [1.165, 1.54) is 6.20 Å². The Balaban J connectivity index is 1.72. The summed E-state index contributed by atoms with van der Waals surface area (Å²) < 4.78 is 16.2. The average Bonchev–Trinajstić information content (AvgIpc) is 2.93. The Bertz CT molecular complexity index is 654. The van der Waals surface area contributed by atoms with Crippen molar-refractivity contribution in [1.29, 1.82) is 0 Å². The number of ether oxygens (including phenoxy) is 3. The van der Waals surface area contributed by atoms with Crippen molar-refractivity contribution in [2.24, 2.45) is 0 Å². The number of benzene rings is 1. The van der Waals surface area contributed by atoms with Crippen molar-refractivity contribution in [3.05, 3.63) is 47.2 Å². The molecule has 2 aromatic rings. The largest absolute Gasteiger partial charge is 0.473 e. The fourth-order valence-corrected chi connectivity index (χ4v) is 1.98. The monoisotopic (exact) mass is 271 g/mol. The van der Waals surface area contributed by atoms with Gasteiger partial charge in [0.2, 0.25) is 12.7 Å². The van der Waals surface area contributed by atoms with Gasteiger partial charge in [0.05, 0.1) is 0 Å². The molecule has 3 rings (SSSR count). The van der Waals surface area contributed by atoms with Crippen LogP contribution in [0.25, 0.3) is 0 Å². The first-order valence-electron chi connectivity index (χ1n) is 6.19. The van der Waals surface area contributed by atoms with Crippen LogP contribution in [0.5, 0.6) is 17.4 Å².